The maximum Gasteiger partial charge on any atom is 0.472 e. The predicted octanol–water partition coefficient (Wildman–Crippen LogP) is 13.8. The molecular formula is C45H86NO7P. The number of esters is 1. The highest BCUT2D eigenvalue weighted by Crippen LogP contribution is 2.43. The highest BCUT2D eigenvalue weighted by molar-refractivity contribution is 7.47. The number of phosphoric ester groups is 1. The number of rotatable bonds is 43. The fraction of sp³-hybridized carbons (Fsp3) is 0.844. The second-order valence-corrected chi connectivity index (χ2v) is 16.4. The van der Waals surface area contributed by atoms with E-state index in [1.54, 1.807) is 6.26 Å². The first kappa shape index (κ1) is 52.6. The van der Waals surface area contributed by atoms with Gasteiger partial charge in [0.25, 0.3) is 0 Å². The summed E-state index contributed by atoms with van der Waals surface area (Å²) in [7, 11) is -4.27. The van der Waals surface area contributed by atoms with Gasteiger partial charge in [-0.3, -0.25) is 13.8 Å². The lowest BCUT2D eigenvalue weighted by molar-refractivity contribution is -0.147. The SMILES string of the molecule is CCCCCC/C=C\CCCCCCCC/C=C\O[C@H](COC(=O)CCCCCCCCCCC/C=C\CCCCCCCC)COP(=O)(O)OCCN. The normalized spacial score (nSPS) is 13.7. The van der Waals surface area contributed by atoms with Crippen LogP contribution in [0.15, 0.2) is 36.6 Å². The van der Waals surface area contributed by atoms with E-state index in [0.29, 0.717) is 6.42 Å². The Bertz CT molecular complexity index is 926. The summed E-state index contributed by atoms with van der Waals surface area (Å²) in [5.41, 5.74) is 5.37. The summed E-state index contributed by atoms with van der Waals surface area (Å²) in [6, 6.07) is 0. The molecule has 1 unspecified atom stereocenters. The number of hydrogen-bond acceptors (Lipinski definition) is 7. The van der Waals surface area contributed by atoms with Gasteiger partial charge >= 0.3 is 13.8 Å². The van der Waals surface area contributed by atoms with Gasteiger partial charge in [0.1, 0.15) is 6.61 Å². The Balaban J connectivity index is 4.04. The predicted molar refractivity (Wildman–Crippen MR) is 229 cm³/mol. The lowest BCUT2D eigenvalue weighted by atomic mass is 10.1. The van der Waals surface area contributed by atoms with Gasteiger partial charge in [-0.05, 0) is 76.7 Å². The minimum Gasteiger partial charge on any atom is -0.492 e. The second kappa shape index (κ2) is 42.7. The smallest absolute Gasteiger partial charge is 0.472 e. The zero-order chi connectivity index (χ0) is 39.5. The van der Waals surface area contributed by atoms with E-state index in [0.717, 1.165) is 32.1 Å². The molecule has 54 heavy (non-hydrogen) atoms. The van der Waals surface area contributed by atoms with Gasteiger partial charge in [0, 0.05) is 13.0 Å². The minimum atomic E-state index is -4.27. The number of ether oxygens (including phenoxy) is 2. The molecule has 8 nitrogen and oxygen atoms in total. The quantitative estimate of drug-likeness (QED) is 0.0206. The lowest BCUT2D eigenvalue weighted by Crippen LogP contribution is -2.25. The van der Waals surface area contributed by atoms with Crippen molar-refractivity contribution in [1.29, 1.82) is 0 Å². The van der Waals surface area contributed by atoms with Crippen LogP contribution in [0.3, 0.4) is 0 Å². The van der Waals surface area contributed by atoms with Gasteiger partial charge in [-0.15, -0.1) is 0 Å². The number of carbonyl (C=O) groups excluding carboxylic acids is 1. The summed E-state index contributed by atoms with van der Waals surface area (Å²) in [5.74, 6) is -0.293. The number of allylic oxidation sites excluding steroid dienone is 5. The Hall–Kier alpha value is -1.44. The maximum atomic E-state index is 12.4. The molecule has 0 fully saturated rings. The standard InChI is InChI=1S/C45H86NO7P/c1-3-5-7-9-11-13-15-17-19-21-22-23-24-26-28-30-32-34-36-38-45(47)51-42-44(43-53-54(48,49)52-41-39-46)50-40-37-35-33-31-29-27-25-20-18-16-14-12-10-8-6-4-2/h14,16-17,19,37,40,44H,3-13,15,18,20-36,38-39,41-43,46H2,1-2H3,(H,48,49)/b16-14-,19-17-,40-37-/t44-/m1/s1. The Labute approximate surface area is 333 Å². The molecule has 0 aliphatic heterocycles. The Kier molecular flexibility index (Phi) is 41.6. The number of hydrogen-bond donors (Lipinski definition) is 2. The summed E-state index contributed by atoms with van der Waals surface area (Å²) in [6.45, 7) is 4.21. The van der Waals surface area contributed by atoms with Crippen LogP contribution in [0.4, 0.5) is 0 Å². The van der Waals surface area contributed by atoms with Crippen molar-refractivity contribution >= 4 is 13.8 Å². The highest BCUT2D eigenvalue weighted by atomic mass is 31.2. The molecule has 0 amide bonds. The van der Waals surface area contributed by atoms with Gasteiger partial charge in [0.15, 0.2) is 6.10 Å². The van der Waals surface area contributed by atoms with Crippen LogP contribution in [-0.4, -0.2) is 43.3 Å². The summed E-state index contributed by atoms with van der Waals surface area (Å²) < 4.78 is 33.2. The molecule has 0 rings (SSSR count). The molecule has 0 aromatic heterocycles. The van der Waals surface area contributed by atoms with Gasteiger partial charge in [-0.1, -0.05) is 160 Å². The minimum absolute atomic E-state index is 0.0664. The Morgan fingerprint density at radius 3 is 1.39 bits per heavy atom. The first-order valence-corrected chi connectivity index (χ1v) is 24.0. The molecule has 0 saturated carbocycles. The molecule has 0 saturated heterocycles. The molecule has 318 valence electrons. The summed E-state index contributed by atoms with van der Waals surface area (Å²) in [5, 5.41) is 0. The molecule has 0 spiro atoms. The molecule has 3 N–H and O–H groups in total. The van der Waals surface area contributed by atoms with Gasteiger partial charge in [-0.25, -0.2) is 4.57 Å². The lowest BCUT2D eigenvalue weighted by Gasteiger charge is -2.19. The Morgan fingerprint density at radius 2 is 0.944 bits per heavy atom. The van der Waals surface area contributed by atoms with E-state index < -0.39 is 13.9 Å². The van der Waals surface area contributed by atoms with Crippen molar-refractivity contribution in [3.05, 3.63) is 36.6 Å². The van der Waals surface area contributed by atoms with Crippen LogP contribution in [-0.2, 0) is 27.9 Å². The Morgan fingerprint density at radius 1 is 0.556 bits per heavy atom. The molecule has 0 aliphatic carbocycles. The first-order chi connectivity index (χ1) is 26.4. The van der Waals surface area contributed by atoms with E-state index in [9.17, 15) is 14.3 Å². The first-order valence-electron chi connectivity index (χ1n) is 22.5. The van der Waals surface area contributed by atoms with E-state index in [1.165, 1.54) is 161 Å². The van der Waals surface area contributed by atoms with E-state index in [4.69, 9.17) is 24.3 Å². The summed E-state index contributed by atoms with van der Waals surface area (Å²) in [4.78, 5) is 22.3. The topological polar surface area (TPSA) is 117 Å². The summed E-state index contributed by atoms with van der Waals surface area (Å²) in [6.07, 6.45) is 49.8. The zero-order valence-corrected chi connectivity index (χ0v) is 36.1. The van der Waals surface area contributed by atoms with Gasteiger partial charge in [-0.2, -0.15) is 0 Å². The van der Waals surface area contributed by atoms with Gasteiger partial charge < -0.3 is 20.1 Å². The van der Waals surface area contributed by atoms with E-state index in [-0.39, 0.29) is 32.3 Å². The van der Waals surface area contributed by atoms with E-state index >= 15 is 0 Å². The molecule has 0 bridgehead atoms. The largest absolute Gasteiger partial charge is 0.492 e. The van der Waals surface area contributed by atoms with Crippen molar-refractivity contribution < 1.29 is 32.8 Å². The number of phosphoric acid groups is 1. The molecule has 0 heterocycles. The third kappa shape index (κ3) is 41.7. The van der Waals surface area contributed by atoms with Crippen LogP contribution in [0.2, 0.25) is 0 Å². The highest BCUT2D eigenvalue weighted by Gasteiger charge is 2.24. The number of unbranched alkanes of at least 4 members (excludes halogenated alkanes) is 26. The average molecular weight is 784 g/mol. The fourth-order valence-electron chi connectivity index (χ4n) is 6.21. The molecule has 0 aliphatic rings. The van der Waals surface area contributed by atoms with Crippen LogP contribution in [0.25, 0.3) is 0 Å². The van der Waals surface area contributed by atoms with Crippen LogP contribution < -0.4 is 5.73 Å². The molecule has 2 atom stereocenters. The summed E-state index contributed by atoms with van der Waals surface area (Å²) >= 11 is 0. The third-order valence-corrected chi connectivity index (χ3v) is 10.6. The number of nitrogens with two attached hydrogens (primary N) is 1. The van der Waals surface area contributed by atoms with Crippen molar-refractivity contribution in [3.8, 4) is 0 Å². The maximum absolute atomic E-state index is 12.4. The number of carbonyl (C=O) groups is 1. The fourth-order valence-corrected chi connectivity index (χ4v) is 6.97. The third-order valence-electron chi connectivity index (χ3n) is 9.62. The van der Waals surface area contributed by atoms with Crippen molar-refractivity contribution in [2.24, 2.45) is 5.73 Å². The molecular weight excluding hydrogens is 697 g/mol. The monoisotopic (exact) mass is 784 g/mol. The van der Waals surface area contributed by atoms with Crippen molar-refractivity contribution in [1.82, 2.24) is 0 Å². The van der Waals surface area contributed by atoms with Gasteiger partial charge in [0.05, 0.1) is 19.5 Å². The van der Waals surface area contributed by atoms with Crippen LogP contribution in [0.1, 0.15) is 213 Å². The van der Waals surface area contributed by atoms with Gasteiger partial charge in [0.2, 0.25) is 0 Å². The van der Waals surface area contributed by atoms with Crippen molar-refractivity contribution in [3.63, 3.8) is 0 Å². The second-order valence-electron chi connectivity index (χ2n) is 15.0. The van der Waals surface area contributed by atoms with Crippen LogP contribution in [0.5, 0.6) is 0 Å². The molecule has 0 aromatic carbocycles. The van der Waals surface area contributed by atoms with E-state index in [2.05, 4.69) is 38.2 Å². The van der Waals surface area contributed by atoms with E-state index in [1.807, 2.05) is 6.08 Å². The average Bonchev–Trinajstić information content (AvgIpc) is 3.16. The van der Waals surface area contributed by atoms with Crippen molar-refractivity contribution in [2.75, 3.05) is 26.4 Å². The van der Waals surface area contributed by atoms with Crippen LogP contribution in [0, 0.1) is 0 Å². The van der Waals surface area contributed by atoms with Crippen molar-refractivity contribution in [2.45, 2.75) is 219 Å². The molecule has 0 aromatic rings. The van der Waals surface area contributed by atoms with Crippen LogP contribution >= 0.6 is 7.82 Å². The molecule has 9 heteroatoms. The zero-order valence-electron chi connectivity index (χ0n) is 35.2. The molecule has 0 radical (unpaired) electrons.